The topological polar surface area (TPSA) is 109 Å². The van der Waals surface area contributed by atoms with Crippen LogP contribution in [0.25, 0.3) is 0 Å². The molecule has 0 radical (unpaired) electrons. The number of amides is 2. The molecule has 0 spiro atoms. The Balaban J connectivity index is 1.24. The normalized spacial score (nSPS) is 23.4. The summed E-state index contributed by atoms with van der Waals surface area (Å²) in [6, 6.07) is 1.39. The van der Waals surface area contributed by atoms with Gasteiger partial charge in [-0.3, -0.25) is 19.6 Å². The third-order valence-corrected chi connectivity index (χ3v) is 6.41. The number of anilines is 1. The van der Waals surface area contributed by atoms with Crippen LogP contribution in [0.4, 0.5) is 5.82 Å². The maximum atomic E-state index is 13.1. The predicted octanol–water partition coefficient (Wildman–Crippen LogP) is 2.50. The Morgan fingerprint density at radius 3 is 2.91 bits per heavy atom. The lowest BCUT2D eigenvalue weighted by Gasteiger charge is -2.27. The van der Waals surface area contributed by atoms with E-state index in [1.165, 1.54) is 0 Å². The van der Waals surface area contributed by atoms with Crippen LogP contribution in [0.1, 0.15) is 67.1 Å². The van der Waals surface area contributed by atoms with Crippen molar-refractivity contribution in [3.8, 4) is 0 Å². The SMILES string of the molecule is CC1C=CC(Cc2nc(C(=O)NC3CCCn4nc(C5CC5)cc4N(C)C3=O)n[nH]2)=CC1. The van der Waals surface area contributed by atoms with Gasteiger partial charge in [-0.2, -0.15) is 5.10 Å². The van der Waals surface area contributed by atoms with Crippen LogP contribution in [0, 0.1) is 5.92 Å². The number of aromatic nitrogens is 5. The summed E-state index contributed by atoms with van der Waals surface area (Å²) in [6.07, 6.45) is 11.7. The third kappa shape index (κ3) is 4.24. The van der Waals surface area contributed by atoms with E-state index in [9.17, 15) is 9.59 Å². The van der Waals surface area contributed by atoms with E-state index in [0.29, 0.717) is 30.5 Å². The molecule has 32 heavy (non-hydrogen) atoms. The van der Waals surface area contributed by atoms with E-state index in [4.69, 9.17) is 0 Å². The summed E-state index contributed by atoms with van der Waals surface area (Å²) < 4.78 is 1.92. The molecule has 0 saturated heterocycles. The molecular weight excluding hydrogens is 406 g/mol. The van der Waals surface area contributed by atoms with Crippen LogP contribution in [0.3, 0.4) is 0 Å². The molecule has 0 bridgehead atoms. The molecule has 1 saturated carbocycles. The number of likely N-dealkylation sites (N-methyl/N-ethyl adjacent to an activating group) is 1. The molecule has 9 nitrogen and oxygen atoms in total. The zero-order chi connectivity index (χ0) is 22.2. The highest BCUT2D eigenvalue weighted by Crippen LogP contribution is 2.40. The summed E-state index contributed by atoms with van der Waals surface area (Å²) in [7, 11) is 1.74. The van der Waals surface area contributed by atoms with Gasteiger partial charge in [0.05, 0.1) is 5.69 Å². The van der Waals surface area contributed by atoms with E-state index in [1.54, 1.807) is 11.9 Å². The van der Waals surface area contributed by atoms with Crippen molar-refractivity contribution in [1.29, 1.82) is 0 Å². The average molecular weight is 436 g/mol. The predicted molar refractivity (Wildman–Crippen MR) is 119 cm³/mol. The van der Waals surface area contributed by atoms with Gasteiger partial charge in [0.25, 0.3) is 5.91 Å². The van der Waals surface area contributed by atoms with Crippen LogP contribution in [0.15, 0.2) is 29.9 Å². The van der Waals surface area contributed by atoms with Crippen LogP contribution in [0.2, 0.25) is 0 Å². The van der Waals surface area contributed by atoms with Crippen molar-refractivity contribution in [2.45, 2.75) is 64.0 Å². The van der Waals surface area contributed by atoms with Crippen molar-refractivity contribution in [2.24, 2.45) is 5.92 Å². The fraction of sp³-hybridized carbons (Fsp3) is 0.522. The Hall–Kier alpha value is -3.23. The fourth-order valence-corrected chi connectivity index (χ4v) is 4.28. The zero-order valence-electron chi connectivity index (χ0n) is 18.5. The lowest BCUT2D eigenvalue weighted by molar-refractivity contribution is -0.120. The minimum Gasteiger partial charge on any atom is -0.337 e. The molecule has 168 valence electrons. The second kappa shape index (κ2) is 8.37. The van der Waals surface area contributed by atoms with Crippen molar-refractivity contribution >= 4 is 17.6 Å². The number of rotatable bonds is 5. The Morgan fingerprint density at radius 2 is 2.16 bits per heavy atom. The van der Waals surface area contributed by atoms with Gasteiger partial charge in [0.1, 0.15) is 17.7 Å². The van der Waals surface area contributed by atoms with E-state index in [0.717, 1.165) is 49.3 Å². The molecule has 2 aliphatic carbocycles. The smallest absolute Gasteiger partial charge is 0.291 e. The molecule has 2 amide bonds. The number of fused-ring (bicyclic) bond motifs is 1. The van der Waals surface area contributed by atoms with Gasteiger partial charge in [-0.15, -0.1) is 5.10 Å². The zero-order valence-corrected chi connectivity index (χ0v) is 18.5. The summed E-state index contributed by atoms with van der Waals surface area (Å²) in [6.45, 7) is 2.90. The van der Waals surface area contributed by atoms with E-state index in [2.05, 4.69) is 50.7 Å². The summed E-state index contributed by atoms with van der Waals surface area (Å²) in [5.74, 6) is 1.98. The van der Waals surface area contributed by atoms with Gasteiger partial charge >= 0.3 is 0 Å². The Labute approximate surface area is 187 Å². The lowest BCUT2D eigenvalue weighted by atomic mass is 9.97. The first-order chi connectivity index (χ1) is 15.5. The van der Waals surface area contributed by atoms with E-state index < -0.39 is 11.9 Å². The number of aryl methyl sites for hydroxylation is 1. The third-order valence-electron chi connectivity index (χ3n) is 6.41. The molecule has 2 N–H and O–H groups in total. The number of nitrogens with one attached hydrogen (secondary N) is 2. The minimum atomic E-state index is -0.618. The first kappa shape index (κ1) is 20.7. The number of allylic oxidation sites excluding steroid dienone is 4. The Morgan fingerprint density at radius 1 is 1.31 bits per heavy atom. The van der Waals surface area contributed by atoms with Crippen LogP contribution < -0.4 is 10.2 Å². The molecule has 2 aromatic rings. The summed E-state index contributed by atoms with van der Waals surface area (Å²) in [5.41, 5.74) is 2.22. The highest BCUT2D eigenvalue weighted by Gasteiger charge is 2.33. The summed E-state index contributed by atoms with van der Waals surface area (Å²) >= 11 is 0. The molecule has 1 fully saturated rings. The van der Waals surface area contributed by atoms with Crippen molar-refractivity contribution in [3.05, 3.63) is 47.2 Å². The van der Waals surface area contributed by atoms with Gasteiger partial charge in [-0.05, 0) is 43.6 Å². The number of hydrogen-bond acceptors (Lipinski definition) is 5. The van der Waals surface area contributed by atoms with Crippen molar-refractivity contribution < 1.29 is 9.59 Å². The second-order valence-corrected chi connectivity index (χ2v) is 9.12. The molecule has 5 rings (SSSR count). The molecule has 2 aromatic heterocycles. The quantitative estimate of drug-likeness (QED) is 0.750. The fourth-order valence-electron chi connectivity index (χ4n) is 4.28. The summed E-state index contributed by atoms with van der Waals surface area (Å²) in [5, 5.41) is 14.5. The van der Waals surface area contributed by atoms with E-state index in [-0.39, 0.29) is 11.7 Å². The number of hydrogen-bond donors (Lipinski definition) is 2. The highest BCUT2D eigenvalue weighted by atomic mass is 16.2. The van der Waals surface area contributed by atoms with Gasteiger partial charge < -0.3 is 5.32 Å². The highest BCUT2D eigenvalue weighted by molar-refractivity contribution is 6.00. The van der Waals surface area contributed by atoms with Gasteiger partial charge in [0, 0.05) is 32.0 Å². The van der Waals surface area contributed by atoms with Crippen LogP contribution in [-0.4, -0.2) is 49.9 Å². The molecule has 0 aromatic carbocycles. The second-order valence-electron chi connectivity index (χ2n) is 9.12. The molecule has 3 aliphatic rings. The van der Waals surface area contributed by atoms with Crippen LogP contribution >= 0.6 is 0 Å². The van der Waals surface area contributed by atoms with Crippen molar-refractivity contribution in [3.63, 3.8) is 0 Å². The van der Waals surface area contributed by atoms with Crippen LogP contribution in [0.5, 0.6) is 0 Å². The number of carbonyl (C=O) groups excluding carboxylic acids is 2. The molecular formula is C23H29N7O2. The minimum absolute atomic E-state index is 0.0623. The largest absolute Gasteiger partial charge is 0.337 e. The average Bonchev–Trinajstić information content (AvgIpc) is 3.38. The molecule has 9 heteroatoms. The molecule has 3 heterocycles. The maximum Gasteiger partial charge on any atom is 0.291 e. The number of nitrogens with zero attached hydrogens (tertiary/aromatic N) is 5. The number of H-pyrrole nitrogens is 1. The van der Waals surface area contributed by atoms with Crippen molar-refractivity contribution in [2.75, 3.05) is 11.9 Å². The lowest BCUT2D eigenvalue weighted by Crippen LogP contribution is -2.49. The monoisotopic (exact) mass is 435 g/mol. The molecule has 1 aliphatic heterocycles. The van der Waals surface area contributed by atoms with Crippen molar-refractivity contribution in [1.82, 2.24) is 30.3 Å². The van der Waals surface area contributed by atoms with Gasteiger partial charge in [-0.25, -0.2) is 9.67 Å². The maximum absolute atomic E-state index is 13.1. The Kier molecular flexibility index (Phi) is 5.40. The van der Waals surface area contributed by atoms with Gasteiger partial charge in [-0.1, -0.05) is 25.2 Å². The summed E-state index contributed by atoms with van der Waals surface area (Å²) in [4.78, 5) is 31.9. The van der Waals surface area contributed by atoms with Gasteiger partial charge in [0.15, 0.2) is 0 Å². The first-order valence-corrected chi connectivity index (χ1v) is 11.4. The standard InChI is InChI=1S/C23H29N7O2/c1-14-5-7-15(8-6-14)12-19-25-21(27-26-19)22(31)24-17-4-3-11-30-20(29(2)23(17)32)13-18(28-30)16-9-10-16/h5,7-8,13-14,16-17H,3-4,6,9-12H2,1-2H3,(H,24,31)(H,25,26,27). The molecule has 2 atom stereocenters. The van der Waals surface area contributed by atoms with Gasteiger partial charge in [0.2, 0.25) is 11.7 Å². The van der Waals surface area contributed by atoms with Crippen LogP contribution in [-0.2, 0) is 17.8 Å². The number of carbonyl (C=O) groups is 2. The molecule has 2 unspecified atom stereocenters. The first-order valence-electron chi connectivity index (χ1n) is 11.4. The van der Waals surface area contributed by atoms with E-state index >= 15 is 0 Å². The Bertz CT molecular complexity index is 1090. The number of aromatic amines is 1. The van der Waals surface area contributed by atoms with E-state index in [1.807, 2.05) is 10.7 Å².